The number of benzene rings is 2. The highest BCUT2D eigenvalue weighted by Crippen LogP contribution is 2.30. The van der Waals surface area contributed by atoms with Crippen molar-refractivity contribution in [3.8, 4) is 5.75 Å². The van der Waals surface area contributed by atoms with Crippen LogP contribution < -0.4 is 25.9 Å². The van der Waals surface area contributed by atoms with Crippen LogP contribution in [-0.2, 0) is 19.7 Å². The minimum atomic E-state index is -4.11. The Kier molecular flexibility index (Phi) is 6.54. The van der Waals surface area contributed by atoms with Gasteiger partial charge in [0.1, 0.15) is 16.7 Å². The van der Waals surface area contributed by atoms with Crippen LogP contribution in [0.4, 0.5) is 11.6 Å². The standard InChI is InChI=1S/C24H28N6O5S/c25-22(31)21(14-9-11-26-12-10-14)27-16-3-6-18(7-4-16)36(33,34)35-17-5-8-19-20(13-17)29-24(28-19)30-23(32)15-1-2-15/h3-8,13-15,21,26-27H,1-2,9-12H2,(H2,25,31)(H2,28,29,30,32). The Hall–Kier alpha value is -3.64. The van der Waals surface area contributed by atoms with Crippen molar-refractivity contribution in [1.29, 1.82) is 0 Å². The maximum absolute atomic E-state index is 12.9. The number of carbonyl (C=O) groups excluding carboxylic acids is 2. The summed E-state index contributed by atoms with van der Waals surface area (Å²) in [5, 5.41) is 9.13. The number of nitrogens with zero attached hydrogens (tertiary/aromatic N) is 1. The number of primary amides is 1. The van der Waals surface area contributed by atoms with E-state index in [2.05, 4.69) is 25.9 Å². The van der Waals surface area contributed by atoms with E-state index in [0.29, 0.717) is 22.7 Å². The van der Waals surface area contributed by atoms with Crippen molar-refractivity contribution < 1.29 is 22.2 Å². The number of piperidine rings is 1. The second kappa shape index (κ2) is 9.78. The molecule has 0 radical (unpaired) electrons. The number of imidazole rings is 1. The first kappa shape index (κ1) is 24.1. The van der Waals surface area contributed by atoms with Gasteiger partial charge in [-0.3, -0.25) is 14.9 Å². The molecule has 6 N–H and O–H groups in total. The normalized spacial score (nSPS) is 17.4. The van der Waals surface area contributed by atoms with E-state index in [9.17, 15) is 18.0 Å². The van der Waals surface area contributed by atoms with Crippen LogP contribution in [0.15, 0.2) is 47.4 Å². The van der Waals surface area contributed by atoms with Crippen LogP contribution in [0, 0.1) is 11.8 Å². The van der Waals surface area contributed by atoms with Gasteiger partial charge in [-0.25, -0.2) is 4.98 Å². The molecule has 2 aromatic carbocycles. The maximum Gasteiger partial charge on any atom is 0.339 e. The summed E-state index contributed by atoms with van der Waals surface area (Å²) in [6, 6.07) is 10.1. The molecule has 1 saturated heterocycles. The van der Waals surface area contributed by atoms with Crippen molar-refractivity contribution in [2.45, 2.75) is 36.6 Å². The van der Waals surface area contributed by atoms with Crippen molar-refractivity contribution in [3.05, 3.63) is 42.5 Å². The molecule has 0 spiro atoms. The fourth-order valence-electron chi connectivity index (χ4n) is 4.33. The lowest BCUT2D eigenvalue weighted by Crippen LogP contribution is -2.45. The molecule has 11 nitrogen and oxygen atoms in total. The molecule has 1 atom stereocenters. The molecule has 2 aliphatic rings. The Morgan fingerprint density at radius 2 is 1.78 bits per heavy atom. The minimum Gasteiger partial charge on any atom is -0.379 e. The fraction of sp³-hybridized carbons (Fsp3) is 0.375. The largest absolute Gasteiger partial charge is 0.379 e. The molecule has 36 heavy (non-hydrogen) atoms. The van der Waals surface area contributed by atoms with Crippen molar-refractivity contribution in [2.24, 2.45) is 17.6 Å². The maximum atomic E-state index is 12.9. The van der Waals surface area contributed by atoms with E-state index in [1.807, 2.05) is 0 Å². The first-order valence-corrected chi connectivity index (χ1v) is 13.3. The third kappa shape index (κ3) is 5.44. The van der Waals surface area contributed by atoms with E-state index in [4.69, 9.17) is 9.92 Å². The molecule has 2 fully saturated rings. The molecule has 1 aliphatic carbocycles. The number of carbonyl (C=O) groups is 2. The van der Waals surface area contributed by atoms with Gasteiger partial charge in [0.2, 0.25) is 17.8 Å². The molecule has 190 valence electrons. The van der Waals surface area contributed by atoms with Gasteiger partial charge in [-0.1, -0.05) is 0 Å². The van der Waals surface area contributed by atoms with Gasteiger partial charge in [-0.2, -0.15) is 8.42 Å². The predicted molar refractivity (Wildman–Crippen MR) is 134 cm³/mol. The monoisotopic (exact) mass is 512 g/mol. The third-order valence-electron chi connectivity index (χ3n) is 6.48. The molecule has 1 aliphatic heterocycles. The number of aromatic nitrogens is 2. The topological polar surface area (TPSA) is 168 Å². The van der Waals surface area contributed by atoms with Gasteiger partial charge in [0.05, 0.1) is 11.0 Å². The fourth-order valence-corrected chi connectivity index (χ4v) is 5.25. The predicted octanol–water partition coefficient (Wildman–Crippen LogP) is 1.94. The summed E-state index contributed by atoms with van der Waals surface area (Å²) in [6.45, 7) is 1.65. The van der Waals surface area contributed by atoms with Crippen LogP contribution in [0.25, 0.3) is 11.0 Å². The number of fused-ring (bicyclic) bond motifs is 1. The van der Waals surface area contributed by atoms with Crippen LogP contribution in [-0.4, -0.2) is 49.3 Å². The van der Waals surface area contributed by atoms with Crippen LogP contribution in [0.1, 0.15) is 25.7 Å². The van der Waals surface area contributed by atoms with Gasteiger partial charge in [0, 0.05) is 17.7 Å². The zero-order valence-corrected chi connectivity index (χ0v) is 20.3. The van der Waals surface area contributed by atoms with E-state index in [1.54, 1.807) is 18.2 Å². The number of anilines is 2. The summed E-state index contributed by atoms with van der Waals surface area (Å²) in [6.07, 6.45) is 3.41. The molecular formula is C24H28N6O5S. The first-order valence-electron chi connectivity index (χ1n) is 11.9. The number of nitrogens with two attached hydrogens (primary N) is 1. The molecule has 0 bridgehead atoms. The van der Waals surface area contributed by atoms with Crippen molar-refractivity contribution in [2.75, 3.05) is 23.7 Å². The lowest BCUT2D eigenvalue weighted by atomic mass is 9.89. The zero-order chi connectivity index (χ0) is 25.3. The van der Waals surface area contributed by atoms with Gasteiger partial charge >= 0.3 is 10.1 Å². The summed E-state index contributed by atoms with van der Waals surface area (Å²) in [5.41, 5.74) is 7.31. The summed E-state index contributed by atoms with van der Waals surface area (Å²) < 4.78 is 31.0. The smallest absolute Gasteiger partial charge is 0.339 e. The van der Waals surface area contributed by atoms with Crippen molar-refractivity contribution in [3.63, 3.8) is 0 Å². The number of H-pyrrole nitrogens is 1. The van der Waals surface area contributed by atoms with Crippen LogP contribution in [0.2, 0.25) is 0 Å². The lowest BCUT2D eigenvalue weighted by Gasteiger charge is -2.30. The van der Waals surface area contributed by atoms with Gasteiger partial charge in [-0.15, -0.1) is 0 Å². The van der Waals surface area contributed by atoms with Gasteiger partial charge in [0.15, 0.2) is 0 Å². The van der Waals surface area contributed by atoms with Crippen molar-refractivity contribution in [1.82, 2.24) is 15.3 Å². The Morgan fingerprint density at radius 1 is 1.06 bits per heavy atom. The Balaban J connectivity index is 1.26. The summed E-state index contributed by atoms with van der Waals surface area (Å²) in [4.78, 5) is 31.2. The average Bonchev–Trinajstić information content (AvgIpc) is 3.64. The number of nitrogens with one attached hydrogen (secondary N) is 4. The summed E-state index contributed by atoms with van der Waals surface area (Å²) in [5.74, 6) is 0.0275. The number of aromatic amines is 1. The molecule has 1 unspecified atom stereocenters. The second-order valence-electron chi connectivity index (χ2n) is 9.20. The van der Waals surface area contributed by atoms with Crippen molar-refractivity contribution >= 4 is 44.6 Å². The molecule has 3 aromatic rings. The SMILES string of the molecule is NC(=O)C(Nc1ccc(S(=O)(=O)Oc2ccc3[nH]c(NC(=O)C4CC4)nc3c2)cc1)C1CCNCC1. The highest BCUT2D eigenvalue weighted by molar-refractivity contribution is 7.87. The van der Waals surface area contributed by atoms with Gasteiger partial charge < -0.3 is 25.5 Å². The second-order valence-corrected chi connectivity index (χ2v) is 10.7. The summed E-state index contributed by atoms with van der Waals surface area (Å²) in [7, 11) is -4.11. The zero-order valence-electron chi connectivity index (χ0n) is 19.5. The molecule has 5 rings (SSSR count). The van der Waals surface area contributed by atoms with Crippen LogP contribution in [0.5, 0.6) is 5.75 Å². The summed E-state index contributed by atoms with van der Waals surface area (Å²) >= 11 is 0. The molecule has 1 aromatic heterocycles. The van der Waals surface area contributed by atoms with E-state index in [-0.39, 0.29) is 28.4 Å². The Morgan fingerprint density at radius 3 is 2.44 bits per heavy atom. The van der Waals surface area contributed by atoms with E-state index in [1.165, 1.54) is 24.3 Å². The highest BCUT2D eigenvalue weighted by atomic mass is 32.2. The molecule has 2 amide bonds. The molecule has 2 heterocycles. The van der Waals surface area contributed by atoms with Crippen LogP contribution in [0.3, 0.4) is 0 Å². The first-order chi connectivity index (χ1) is 17.3. The average molecular weight is 513 g/mol. The van der Waals surface area contributed by atoms with Crippen LogP contribution >= 0.6 is 0 Å². The van der Waals surface area contributed by atoms with E-state index >= 15 is 0 Å². The third-order valence-corrected chi connectivity index (χ3v) is 7.74. The van der Waals surface area contributed by atoms with Gasteiger partial charge in [0.25, 0.3) is 0 Å². The Bertz CT molecular complexity index is 1380. The molecular weight excluding hydrogens is 484 g/mol. The quantitative estimate of drug-likeness (QED) is 0.271. The Labute approximate surface area is 208 Å². The lowest BCUT2D eigenvalue weighted by molar-refractivity contribution is -0.120. The highest BCUT2D eigenvalue weighted by Gasteiger charge is 2.30. The number of amides is 2. The number of hydrogen-bond acceptors (Lipinski definition) is 8. The molecule has 12 heteroatoms. The minimum absolute atomic E-state index is 0.0370. The molecule has 1 saturated carbocycles. The number of rotatable bonds is 9. The van der Waals surface area contributed by atoms with E-state index in [0.717, 1.165) is 38.8 Å². The van der Waals surface area contributed by atoms with Gasteiger partial charge in [-0.05, 0) is 81.1 Å². The number of hydrogen-bond donors (Lipinski definition) is 5. The van der Waals surface area contributed by atoms with E-state index < -0.39 is 22.1 Å².